The quantitative estimate of drug-likeness (QED) is 0.880. The number of nitrogens with one attached hydrogen (secondary N) is 1. The number of carbonyl (C=O) groups is 1. The number of halogens is 1. The van der Waals surface area contributed by atoms with Gasteiger partial charge >= 0.3 is 0 Å². The summed E-state index contributed by atoms with van der Waals surface area (Å²) in [5, 5.41) is 13.1. The number of rotatable bonds is 2. The molecule has 24 heavy (non-hydrogen) atoms. The SMILES string of the molecule is Cl.O=C(c1cccc(O)c1)N1C[C@@H]2CNC[C@@H]2[C@@H]1c1ccccc1. The van der Waals surface area contributed by atoms with Gasteiger partial charge < -0.3 is 15.3 Å². The summed E-state index contributed by atoms with van der Waals surface area (Å²) < 4.78 is 0. The molecule has 5 heteroatoms. The van der Waals surface area contributed by atoms with Crippen molar-refractivity contribution in [2.75, 3.05) is 19.6 Å². The molecule has 2 fully saturated rings. The number of phenols is 1. The molecule has 2 aliphatic rings. The highest BCUT2D eigenvalue weighted by Crippen LogP contribution is 2.43. The molecule has 2 aromatic rings. The van der Waals surface area contributed by atoms with Gasteiger partial charge in [0.2, 0.25) is 0 Å². The number of carbonyl (C=O) groups excluding carboxylic acids is 1. The molecule has 0 aliphatic carbocycles. The van der Waals surface area contributed by atoms with E-state index < -0.39 is 0 Å². The van der Waals surface area contributed by atoms with E-state index in [2.05, 4.69) is 17.4 Å². The second-order valence-corrected chi connectivity index (χ2v) is 6.45. The molecule has 0 bridgehead atoms. The van der Waals surface area contributed by atoms with Gasteiger partial charge in [-0.25, -0.2) is 0 Å². The summed E-state index contributed by atoms with van der Waals surface area (Å²) in [7, 11) is 0. The molecule has 4 rings (SSSR count). The number of hydrogen-bond acceptors (Lipinski definition) is 3. The first-order chi connectivity index (χ1) is 11.2. The number of amides is 1. The molecule has 0 unspecified atom stereocenters. The van der Waals surface area contributed by atoms with Crippen LogP contribution in [0.5, 0.6) is 5.75 Å². The normalized spacial score (nSPS) is 25.2. The summed E-state index contributed by atoms with van der Waals surface area (Å²) >= 11 is 0. The lowest BCUT2D eigenvalue weighted by atomic mass is 9.89. The molecule has 1 amide bonds. The van der Waals surface area contributed by atoms with Gasteiger partial charge in [-0.3, -0.25) is 4.79 Å². The number of phenolic OH excluding ortho intramolecular Hbond substituents is 1. The molecule has 3 atom stereocenters. The van der Waals surface area contributed by atoms with Gasteiger partial charge in [0, 0.05) is 31.1 Å². The Morgan fingerprint density at radius 3 is 2.62 bits per heavy atom. The van der Waals surface area contributed by atoms with Crippen LogP contribution < -0.4 is 5.32 Å². The standard InChI is InChI=1S/C19H20N2O2.ClH/c22-16-8-4-7-14(9-16)19(23)21-12-15-10-20-11-17(15)18(21)13-5-2-1-3-6-13;/h1-9,15,17-18,20,22H,10-12H2;1H/t15-,17-,18-;/m0./s1. The summed E-state index contributed by atoms with van der Waals surface area (Å²) in [6.45, 7) is 2.69. The maximum atomic E-state index is 13.0. The highest BCUT2D eigenvalue weighted by molar-refractivity contribution is 5.95. The Balaban J connectivity index is 0.00000169. The van der Waals surface area contributed by atoms with Crippen molar-refractivity contribution in [1.29, 1.82) is 0 Å². The van der Waals surface area contributed by atoms with Crippen molar-refractivity contribution in [2.24, 2.45) is 11.8 Å². The molecule has 2 N–H and O–H groups in total. The smallest absolute Gasteiger partial charge is 0.254 e. The predicted molar refractivity (Wildman–Crippen MR) is 95.4 cm³/mol. The van der Waals surface area contributed by atoms with E-state index in [0.717, 1.165) is 19.6 Å². The largest absolute Gasteiger partial charge is 0.508 e. The van der Waals surface area contributed by atoms with Crippen molar-refractivity contribution in [2.45, 2.75) is 6.04 Å². The van der Waals surface area contributed by atoms with Crippen LogP contribution in [0.15, 0.2) is 54.6 Å². The summed E-state index contributed by atoms with van der Waals surface area (Å²) in [4.78, 5) is 15.0. The molecule has 2 aliphatic heterocycles. The Bertz CT molecular complexity index is 722. The number of benzene rings is 2. The molecule has 4 nitrogen and oxygen atoms in total. The van der Waals surface area contributed by atoms with Crippen LogP contribution >= 0.6 is 12.4 Å². The second-order valence-electron chi connectivity index (χ2n) is 6.45. The molecule has 0 spiro atoms. The first-order valence-electron chi connectivity index (χ1n) is 8.10. The fourth-order valence-corrected chi connectivity index (χ4v) is 4.01. The molecule has 0 aromatic heterocycles. The maximum Gasteiger partial charge on any atom is 0.254 e. The van der Waals surface area contributed by atoms with Crippen molar-refractivity contribution in [3.05, 3.63) is 65.7 Å². The molecule has 2 heterocycles. The minimum Gasteiger partial charge on any atom is -0.508 e. The highest BCUT2D eigenvalue weighted by atomic mass is 35.5. The topological polar surface area (TPSA) is 52.6 Å². The first kappa shape index (κ1) is 16.8. The third-order valence-corrected chi connectivity index (χ3v) is 5.06. The van der Waals surface area contributed by atoms with Gasteiger partial charge in [-0.05, 0) is 29.7 Å². The average molecular weight is 345 g/mol. The summed E-state index contributed by atoms with van der Waals surface area (Å²) in [5.74, 6) is 1.09. The Morgan fingerprint density at radius 2 is 1.88 bits per heavy atom. The van der Waals surface area contributed by atoms with Gasteiger partial charge in [-0.1, -0.05) is 36.4 Å². The van der Waals surface area contributed by atoms with Crippen LogP contribution in [0, 0.1) is 11.8 Å². The third-order valence-electron chi connectivity index (χ3n) is 5.06. The molecular formula is C19H21ClN2O2. The summed E-state index contributed by atoms with van der Waals surface area (Å²) in [6, 6.07) is 17.0. The van der Waals surface area contributed by atoms with Gasteiger partial charge in [0.25, 0.3) is 5.91 Å². The summed E-state index contributed by atoms with van der Waals surface area (Å²) in [6.07, 6.45) is 0. The minimum absolute atomic E-state index is 0. The number of nitrogens with zero attached hydrogens (tertiary/aromatic N) is 1. The van der Waals surface area contributed by atoms with E-state index in [1.807, 2.05) is 23.1 Å². The van der Waals surface area contributed by atoms with Gasteiger partial charge in [0.1, 0.15) is 5.75 Å². The molecule has 0 saturated carbocycles. The van der Waals surface area contributed by atoms with E-state index in [-0.39, 0.29) is 30.1 Å². The zero-order valence-corrected chi connectivity index (χ0v) is 14.1. The van der Waals surface area contributed by atoms with Crippen LogP contribution in [-0.4, -0.2) is 35.5 Å². The Labute approximate surface area is 147 Å². The van der Waals surface area contributed by atoms with Crippen molar-refractivity contribution >= 4 is 18.3 Å². The van der Waals surface area contributed by atoms with E-state index in [0.29, 0.717) is 17.4 Å². The third kappa shape index (κ3) is 2.87. The lowest BCUT2D eigenvalue weighted by Crippen LogP contribution is -2.34. The number of hydrogen-bond donors (Lipinski definition) is 2. The van der Waals surface area contributed by atoms with Crippen LogP contribution in [0.2, 0.25) is 0 Å². The lowest BCUT2D eigenvalue weighted by Gasteiger charge is -2.28. The Morgan fingerprint density at radius 1 is 1.08 bits per heavy atom. The van der Waals surface area contributed by atoms with E-state index in [1.54, 1.807) is 24.3 Å². The monoisotopic (exact) mass is 344 g/mol. The highest BCUT2D eigenvalue weighted by Gasteiger charge is 2.46. The van der Waals surface area contributed by atoms with Crippen molar-refractivity contribution < 1.29 is 9.90 Å². The van der Waals surface area contributed by atoms with Crippen molar-refractivity contribution in [3.63, 3.8) is 0 Å². The average Bonchev–Trinajstić information content (AvgIpc) is 3.15. The second kappa shape index (κ2) is 6.83. The van der Waals surface area contributed by atoms with Crippen LogP contribution in [0.25, 0.3) is 0 Å². The minimum atomic E-state index is 0. The summed E-state index contributed by atoms with van der Waals surface area (Å²) in [5.41, 5.74) is 1.75. The van der Waals surface area contributed by atoms with Crippen LogP contribution in [0.3, 0.4) is 0 Å². The fraction of sp³-hybridized carbons (Fsp3) is 0.316. The molecule has 0 radical (unpaired) electrons. The zero-order chi connectivity index (χ0) is 15.8. The molecule has 2 saturated heterocycles. The van der Waals surface area contributed by atoms with E-state index in [9.17, 15) is 9.90 Å². The predicted octanol–water partition coefficient (Wildman–Crippen LogP) is 2.85. The Kier molecular flexibility index (Phi) is 4.78. The van der Waals surface area contributed by atoms with Crippen LogP contribution in [0.4, 0.5) is 0 Å². The molecule has 2 aromatic carbocycles. The lowest BCUT2D eigenvalue weighted by molar-refractivity contribution is 0.0713. The van der Waals surface area contributed by atoms with Gasteiger partial charge in [-0.15, -0.1) is 12.4 Å². The van der Waals surface area contributed by atoms with Crippen LogP contribution in [0.1, 0.15) is 22.0 Å². The molecule has 126 valence electrons. The Hall–Kier alpha value is -2.04. The van der Waals surface area contributed by atoms with Gasteiger partial charge in [0.15, 0.2) is 0 Å². The number of likely N-dealkylation sites (tertiary alicyclic amines) is 1. The fourth-order valence-electron chi connectivity index (χ4n) is 4.01. The van der Waals surface area contributed by atoms with Crippen LogP contribution in [-0.2, 0) is 0 Å². The van der Waals surface area contributed by atoms with E-state index >= 15 is 0 Å². The molecular weight excluding hydrogens is 324 g/mol. The first-order valence-corrected chi connectivity index (χ1v) is 8.10. The number of aromatic hydroxyl groups is 1. The van der Waals surface area contributed by atoms with Gasteiger partial charge in [-0.2, -0.15) is 0 Å². The van der Waals surface area contributed by atoms with Gasteiger partial charge in [0.05, 0.1) is 6.04 Å². The maximum absolute atomic E-state index is 13.0. The zero-order valence-electron chi connectivity index (χ0n) is 13.3. The van der Waals surface area contributed by atoms with E-state index in [4.69, 9.17) is 0 Å². The van der Waals surface area contributed by atoms with E-state index in [1.165, 1.54) is 5.56 Å². The number of fused-ring (bicyclic) bond motifs is 1. The van der Waals surface area contributed by atoms with Crippen molar-refractivity contribution in [3.8, 4) is 5.75 Å². The van der Waals surface area contributed by atoms with Crippen molar-refractivity contribution in [1.82, 2.24) is 10.2 Å².